The lowest BCUT2D eigenvalue weighted by Crippen LogP contribution is -2.38. The van der Waals surface area contributed by atoms with E-state index in [2.05, 4.69) is 4.90 Å². The zero-order valence-corrected chi connectivity index (χ0v) is 11.2. The monoisotopic (exact) mass is 267 g/mol. The van der Waals surface area contributed by atoms with Gasteiger partial charge in [-0.3, -0.25) is 0 Å². The molecule has 0 saturated carbocycles. The topological polar surface area (TPSA) is 32.7 Å². The summed E-state index contributed by atoms with van der Waals surface area (Å²) in [6.07, 6.45) is 3.21. The van der Waals surface area contributed by atoms with Crippen LogP contribution in [0, 0.1) is 5.82 Å². The molecule has 1 aromatic carbocycles. The second-order valence-electron chi connectivity index (χ2n) is 5.12. The van der Waals surface area contributed by atoms with Crippen LogP contribution in [0.3, 0.4) is 0 Å². The first-order valence-electron chi connectivity index (χ1n) is 6.97. The van der Waals surface area contributed by atoms with Crippen molar-refractivity contribution in [1.29, 1.82) is 0 Å². The Morgan fingerprint density at radius 2 is 1.95 bits per heavy atom. The third kappa shape index (κ3) is 4.90. The lowest BCUT2D eigenvalue weighted by atomic mass is 10.1. The zero-order chi connectivity index (χ0) is 13.5. The number of hydrogen-bond acceptors (Lipinski definition) is 3. The van der Waals surface area contributed by atoms with Gasteiger partial charge in [0.2, 0.25) is 0 Å². The molecule has 1 N–H and O–H groups in total. The normalized spacial score (nSPS) is 18.4. The molecule has 1 saturated heterocycles. The van der Waals surface area contributed by atoms with Crippen LogP contribution in [0.4, 0.5) is 4.39 Å². The highest BCUT2D eigenvalue weighted by Crippen LogP contribution is 2.10. The molecule has 4 heteroatoms. The summed E-state index contributed by atoms with van der Waals surface area (Å²) >= 11 is 0. The fourth-order valence-corrected chi connectivity index (χ4v) is 2.41. The molecule has 106 valence electrons. The maximum Gasteiger partial charge on any atom is 0.128 e. The molecule has 0 aliphatic carbocycles. The summed E-state index contributed by atoms with van der Waals surface area (Å²) in [5, 5.41) is 9.89. The van der Waals surface area contributed by atoms with Crippen LogP contribution in [-0.2, 0) is 11.3 Å². The minimum atomic E-state index is -0.495. The quantitative estimate of drug-likeness (QED) is 0.857. The van der Waals surface area contributed by atoms with Gasteiger partial charge in [0.15, 0.2) is 0 Å². The highest BCUT2D eigenvalue weighted by molar-refractivity contribution is 5.16. The number of aliphatic hydroxyl groups excluding tert-OH is 1. The molecule has 1 aromatic rings. The van der Waals surface area contributed by atoms with E-state index in [1.807, 2.05) is 0 Å². The fraction of sp³-hybridized carbons (Fsp3) is 0.600. The standard InChI is InChI=1S/C15H22FNO2/c16-15-7-3-2-6-13(15)11-19-12-14(18)10-17-8-4-1-5-9-17/h2-3,6-7,14,18H,1,4-5,8-12H2/t14-/m1/s1. The van der Waals surface area contributed by atoms with Gasteiger partial charge in [-0.25, -0.2) is 4.39 Å². The molecule has 1 heterocycles. The van der Waals surface area contributed by atoms with Crippen molar-refractivity contribution in [3.05, 3.63) is 35.6 Å². The van der Waals surface area contributed by atoms with E-state index in [1.54, 1.807) is 18.2 Å². The Morgan fingerprint density at radius 1 is 1.21 bits per heavy atom. The Kier molecular flexibility index (Phi) is 5.76. The lowest BCUT2D eigenvalue weighted by Gasteiger charge is -2.28. The Morgan fingerprint density at radius 3 is 2.68 bits per heavy atom. The third-order valence-electron chi connectivity index (χ3n) is 3.44. The Labute approximate surface area is 114 Å². The van der Waals surface area contributed by atoms with Crippen LogP contribution >= 0.6 is 0 Å². The molecule has 3 nitrogen and oxygen atoms in total. The molecular weight excluding hydrogens is 245 g/mol. The molecule has 0 aromatic heterocycles. The SMILES string of the molecule is O[C@@H](COCc1ccccc1F)CN1CCCCC1. The van der Waals surface area contributed by atoms with Crippen molar-refractivity contribution in [2.24, 2.45) is 0 Å². The van der Waals surface area contributed by atoms with Crippen LogP contribution in [0.25, 0.3) is 0 Å². The van der Waals surface area contributed by atoms with Crippen LogP contribution in [0.5, 0.6) is 0 Å². The molecule has 0 amide bonds. The van der Waals surface area contributed by atoms with Gasteiger partial charge in [0.1, 0.15) is 5.82 Å². The Hall–Kier alpha value is -0.970. The van der Waals surface area contributed by atoms with Gasteiger partial charge in [0, 0.05) is 12.1 Å². The molecule has 0 spiro atoms. The summed E-state index contributed by atoms with van der Waals surface area (Å²) in [7, 11) is 0. The Bertz CT molecular complexity index is 380. The number of hydrogen-bond donors (Lipinski definition) is 1. The van der Waals surface area contributed by atoms with Gasteiger partial charge in [-0.1, -0.05) is 24.6 Å². The molecule has 1 atom stereocenters. The van der Waals surface area contributed by atoms with E-state index in [1.165, 1.54) is 25.3 Å². The molecule has 0 unspecified atom stereocenters. The number of ether oxygens (including phenoxy) is 1. The summed E-state index contributed by atoms with van der Waals surface area (Å²) < 4.78 is 18.7. The van der Waals surface area contributed by atoms with Crippen LogP contribution in [-0.4, -0.2) is 42.4 Å². The number of benzene rings is 1. The van der Waals surface area contributed by atoms with Crippen LogP contribution in [0.2, 0.25) is 0 Å². The average molecular weight is 267 g/mol. The van der Waals surface area contributed by atoms with Crippen molar-refractivity contribution >= 4 is 0 Å². The van der Waals surface area contributed by atoms with E-state index < -0.39 is 6.10 Å². The van der Waals surface area contributed by atoms with E-state index in [-0.39, 0.29) is 19.0 Å². The van der Waals surface area contributed by atoms with Gasteiger partial charge in [0.05, 0.1) is 19.3 Å². The Balaban J connectivity index is 1.66. The largest absolute Gasteiger partial charge is 0.389 e. The van der Waals surface area contributed by atoms with Gasteiger partial charge in [-0.2, -0.15) is 0 Å². The first-order chi connectivity index (χ1) is 9.25. The number of rotatable bonds is 6. The molecule has 19 heavy (non-hydrogen) atoms. The van der Waals surface area contributed by atoms with Gasteiger partial charge in [-0.15, -0.1) is 0 Å². The first kappa shape index (κ1) is 14.4. The molecule has 1 aliphatic heterocycles. The lowest BCUT2D eigenvalue weighted by molar-refractivity contribution is 0.00641. The van der Waals surface area contributed by atoms with Crippen molar-refractivity contribution in [2.75, 3.05) is 26.2 Å². The highest BCUT2D eigenvalue weighted by Gasteiger charge is 2.14. The van der Waals surface area contributed by atoms with E-state index in [9.17, 15) is 9.50 Å². The van der Waals surface area contributed by atoms with Gasteiger partial charge < -0.3 is 14.7 Å². The van der Waals surface area contributed by atoms with Crippen LogP contribution < -0.4 is 0 Å². The smallest absolute Gasteiger partial charge is 0.128 e. The molecule has 1 aliphatic rings. The van der Waals surface area contributed by atoms with E-state index in [0.717, 1.165) is 13.1 Å². The van der Waals surface area contributed by atoms with Crippen LogP contribution in [0.1, 0.15) is 24.8 Å². The second-order valence-corrected chi connectivity index (χ2v) is 5.12. The van der Waals surface area contributed by atoms with Gasteiger partial charge in [0.25, 0.3) is 0 Å². The van der Waals surface area contributed by atoms with Crippen LogP contribution in [0.15, 0.2) is 24.3 Å². The second kappa shape index (κ2) is 7.58. The van der Waals surface area contributed by atoms with E-state index in [4.69, 9.17) is 4.74 Å². The van der Waals surface area contributed by atoms with Gasteiger partial charge >= 0.3 is 0 Å². The third-order valence-corrected chi connectivity index (χ3v) is 3.44. The number of piperidine rings is 1. The predicted octanol–water partition coefficient (Wildman–Crippen LogP) is 2.19. The molecule has 2 rings (SSSR count). The summed E-state index contributed by atoms with van der Waals surface area (Å²) in [6, 6.07) is 6.56. The molecule has 0 radical (unpaired) electrons. The molecule has 1 fully saturated rings. The van der Waals surface area contributed by atoms with E-state index in [0.29, 0.717) is 12.1 Å². The van der Waals surface area contributed by atoms with Crippen molar-refractivity contribution in [2.45, 2.75) is 32.0 Å². The highest BCUT2D eigenvalue weighted by atomic mass is 19.1. The minimum absolute atomic E-state index is 0.212. The first-order valence-corrected chi connectivity index (χ1v) is 6.97. The number of β-amino-alcohol motifs (C(OH)–C–C–N with tert-alkyl or cyclic N) is 1. The average Bonchev–Trinajstić information content (AvgIpc) is 2.42. The number of likely N-dealkylation sites (tertiary alicyclic amines) is 1. The summed E-state index contributed by atoms with van der Waals surface area (Å²) in [5.41, 5.74) is 0.535. The zero-order valence-electron chi connectivity index (χ0n) is 11.2. The molecular formula is C15H22FNO2. The summed E-state index contributed by atoms with van der Waals surface area (Å²) in [6.45, 7) is 3.24. The number of nitrogens with zero attached hydrogens (tertiary/aromatic N) is 1. The fourth-order valence-electron chi connectivity index (χ4n) is 2.41. The van der Waals surface area contributed by atoms with Gasteiger partial charge in [-0.05, 0) is 32.0 Å². The van der Waals surface area contributed by atoms with Crippen molar-refractivity contribution in [1.82, 2.24) is 4.90 Å². The number of aliphatic hydroxyl groups is 1. The summed E-state index contributed by atoms with van der Waals surface area (Å²) in [4.78, 5) is 2.26. The maximum atomic E-state index is 13.3. The van der Waals surface area contributed by atoms with Crippen molar-refractivity contribution in [3.8, 4) is 0 Å². The summed E-state index contributed by atoms with van der Waals surface area (Å²) in [5.74, 6) is -0.256. The number of halogens is 1. The van der Waals surface area contributed by atoms with E-state index >= 15 is 0 Å². The van der Waals surface area contributed by atoms with Crippen molar-refractivity contribution in [3.63, 3.8) is 0 Å². The predicted molar refractivity (Wildman–Crippen MR) is 72.4 cm³/mol. The van der Waals surface area contributed by atoms with Crippen molar-refractivity contribution < 1.29 is 14.2 Å². The molecule has 0 bridgehead atoms. The maximum absolute atomic E-state index is 13.3. The minimum Gasteiger partial charge on any atom is -0.389 e.